The molecule has 1 fully saturated rings. The van der Waals surface area contributed by atoms with Gasteiger partial charge in [-0.2, -0.15) is 0 Å². The summed E-state index contributed by atoms with van der Waals surface area (Å²) in [6, 6.07) is -0.172. The fourth-order valence-electron chi connectivity index (χ4n) is 0.672. The number of carbonyl (C=O) groups excluding carboxylic acids is 1. The van der Waals surface area contributed by atoms with Gasteiger partial charge in [0, 0.05) is 5.37 Å². The van der Waals surface area contributed by atoms with E-state index in [0.717, 1.165) is 6.29 Å². The molecule has 4 heteroatoms. The van der Waals surface area contributed by atoms with Gasteiger partial charge in [0.15, 0.2) is 0 Å². The van der Waals surface area contributed by atoms with Crippen molar-refractivity contribution in [2.75, 3.05) is 6.61 Å². The molecule has 1 aliphatic rings. The quantitative estimate of drug-likeness (QED) is 0.420. The molecule has 0 radical (unpaired) electrons. The van der Waals surface area contributed by atoms with Crippen LogP contribution in [-0.2, 0) is 9.53 Å². The van der Waals surface area contributed by atoms with Crippen molar-refractivity contribution >= 4 is 23.9 Å². The Bertz CT molecular complexity index is 114. The lowest BCUT2D eigenvalue weighted by Crippen LogP contribution is -2.31. The van der Waals surface area contributed by atoms with Gasteiger partial charge in [0.2, 0.25) is 0 Å². The van der Waals surface area contributed by atoms with Crippen LogP contribution >= 0.6 is 12.2 Å². The highest BCUT2D eigenvalue weighted by molar-refractivity contribution is 7.79. The Hall–Kier alpha value is -0.320. The lowest BCUT2D eigenvalue weighted by Gasteiger charge is -1.99. The van der Waals surface area contributed by atoms with Gasteiger partial charge in [-0.15, -0.1) is 0 Å². The smallest absolute Gasteiger partial charge is 0.139 e. The van der Waals surface area contributed by atoms with Crippen LogP contribution in [0.4, 0.5) is 0 Å². The van der Waals surface area contributed by atoms with Crippen molar-refractivity contribution in [3.05, 3.63) is 0 Å². The fourth-order valence-corrected chi connectivity index (χ4v) is 0.829. The number of thiocarbonyl (C=S) groups is 1. The molecule has 0 aromatic rings. The van der Waals surface area contributed by atoms with E-state index in [0.29, 0.717) is 6.61 Å². The summed E-state index contributed by atoms with van der Waals surface area (Å²) in [7, 11) is 0. The second-order valence-electron chi connectivity index (χ2n) is 1.80. The molecule has 3 nitrogen and oxygen atoms in total. The molecule has 1 heterocycles. The van der Waals surface area contributed by atoms with Crippen molar-refractivity contribution in [1.29, 1.82) is 0 Å². The highest BCUT2D eigenvalue weighted by Crippen LogP contribution is 1.97. The standard InChI is InChI=1S/C5H7NO2S/c7-1-4-2-8-5(3-9)6-4/h1,3-6H,2H2. The Morgan fingerprint density at radius 2 is 2.56 bits per heavy atom. The average molecular weight is 145 g/mol. The minimum absolute atomic E-state index is 0.172. The molecule has 0 bridgehead atoms. The summed E-state index contributed by atoms with van der Waals surface area (Å²) in [6.45, 7) is 0.432. The van der Waals surface area contributed by atoms with E-state index >= 15 is 0 Å². The van der Waals surface area contributed by atoms with Crippen molar-refractivity contribution in [2.45, 2.75) is 12.3 Å². The summed E-state index contributed by atoms with van der Waals surface area (Å²) in [5, 5.41) is 4.30. The van der Waals surface area contributed by atoms with Crippen molar-refractivity contribution in [2.24, 2.45) is 0 Å². The maximum atomic E-state index is 10.1. The Labute approximate surface area is 58.4 Å². The van der Waals surface area contributed by atoms with Crippen LogP contribution in [0.5, 0.6) is 0 Å². The maximum absolute atomic E-state index is 10.1. The number of hydrogen-bond acceptors (Lipinski definition) is 4. The Morgan fingerprint density at radius 3 is 2.89 bits per heavy atom. The number of rotatable bonds is 2. The van der Waals surface area contributed by atoms with Gasteiger partial charge in [0.1, 0.15) is 12.5 Å². The zero-order valence-corrected chi connectivity index (χ0v) is 5.56. The monoisotopic (exact) mass is 145 g/mol. The molecule has 0 aliphatic carbocycles. The van der Waals surface area contributed by atoms with Gasteiger partial charge in [0.05, 0.1) is 12.6 Å². The molecular weight excluding hydrogens is 138 g/mol. The zero-order chi connectivity index (χ0) is 6.69. The van der Waals surface area contributed by atoms with Gasteiger partial charge >= 0.3 is 0 Å². The maximum Gasteiger partial charge on any atom is 0.139 e. The van der Waals surface area contributed by atoms with E-state index in [1.54, 1.807) is 0 Å². The van der Waals surface area contributed by atoms with Gasteiger partial charge in [0.25, 0.3) is 0 Å². The SMILES string of the molecule is O=CC1COC(C=S)N1. The molecule has 0 aromatic heterocycles. The predicted octanol–water partition coefficient (Wildman–Crippen LogP) is -0.501. The molecule has 50 valence electrons. The molecule has 2 unspecified atom stereocenters. The molecule has 1 N–H and O–H groups in total. The molecule has 0 amide bonds. The molecule has 1 rings (SSSR count). The number of hydrogen-bond donors (Lipinski definition) is 1. The van der Waals surface area contributed by atoms with Crippen LogP contribution in [0.25, 0.3) is 0 Å². The van der Waals surface area contributed by atoms with Crippen molar-refractivity contribution < 1.29 is 9.53 Å². The lowest BCUT2D eigenvalue weighted by molar-refractivity contribution is -0.109. The highest BCUT2D eigenvalue weighted by atomic mass is 32.1. The minimum atomic E-state index is -0.213. The van der Waals surface area contributed by atoms with Crippen LogP contribution in [0.2, 0.25) is 0 Å². The Kier molecular flexibility index (Phi) is 2.27. The number of nitrogens with one attached hydrogen (secondary N) is 1. The van der Waals surface area contributed by atoms with Gasteiger partial charge in [-0.05, 0) is 0 Å². The van der Waals surface area contributed by atoms with Gasteiger partial charge in [-0.3, -0.25) is 5.32 Å². The molecule has 1 saturated heterocycles. The largest absolute Gasteiger partial charge is 0.357 e. The van der Waals surface area contributed by atoms with Crippen LogP contribution in [0.3, 0.4) is 0 Å². The summed E-state index contributed by atoms with van der Waals surface area (Å²) in [5.41, 5.74) is 0. The molecule has 0 saturated carbocycles. The van der Waals surface area contributed by atoms with Crippen molar-refractivity contribution in [3.63, 3.8) is 0 Å². The molecule has 0 aromatic carbocycles. The van der Waals surface area contributed by atoms with E-state index in [9.17, 15) is 4.79 Å². The first-order valence-electron chi connectivity index (χ1n) is 2.65. The van der Waals surface area contributed by atoms with E-state index in [-0.39, 0.29) is 12.3 Å². The third kappa shape index (κ3) is 1.54. The Balaban J connectivity index is 2.36. The molecular formula is C5H7NO2S. The summed E-state index contributed by atoms with van der Waals surface area (Å²) in [5.74, 6) is 0. The van der Waals surface area contributed by atoms with E-state index in [1.807, 2.05) is 0 Å². The lowest BCUT2D eigenvalue weighted by atomic mass is 10.4. The van der Waals surface area contributed by atoms with Crippen LogP contribution in [-0.4, -0.2) is 30.5 Å². The topological polar surface area (TPSA) is 38.3 Å². The van der Waals surface area contributed by atoms with E-state index in [1.165, 1.54) is 5.37 Å². The number of aldehydes is 1. The highest BCUT2D eigenvalue weighted by Gasteiger charge is 2.20. The zero-order valence-electron chi connectivity index (χ0n) is 4.74. The molecule has 9 heavy (non-hydrogen) atoms. The van der Waals surface area contributed by atoms with Crippen molar-refractivity contribution in [1.82, 2.24) is 5.32 Å². The van der Waals surface area contributed by atoms with Crippen LogP contribution in [0.1, 0.15) is 0 Å². The summed E-state index contributed by atoms with van der Waals surface area (Å²) >= 11 is 4.58. The van der Waals surface area contributed by atoms with E-state index in [2.05, 4.69) is 17.5 Å². The number of ether oxygens (including phenoxy) is 1. The average Bonchev–Trinajstić information content (AvgIpc) is 2.34. The fraction of sp³-hybridized carbons (Fsp3) is 0.600. The van der Waals surface area contributed by atoms with E-state index < -0.39 is 0 Å². The van der Waals surface area contributed by atoms with Gasteiger partial charge in [-0.1, -0.05) is 12.2 Å². The van der Waals surface area contributed by atoms with Gasteiger partial charge < -0.3 is 9.53 Å². The third-order valence-electron chi connectivity index (χ3n) is 1.12. The van der Waals surface area contributed by atoms with E-state index in [4.69, 9.17) is 4.74 Å². The molecule has 1 aliphatic heterocycles. The van der Waals surface area contributed by atoms with Gasteiger partial charge in [-0.25, -0.2) is 0 Å². The molecule has 2 atom stereocenters. The second-order valence-corrected chi connectivity index (χ2v) is 2.07. The second kappa shape index (κ2) is 3.00. The normalized spacial score (nSPS) is 34.2. The number of carbonyl (C=O) groups is 1. The van der Waals surface area contributed by atoms with Crippen molar-refractivity contribution in [3.8, 4) is 0 Å². The van der Waals surface area contributed by atoms with Crippen LogP contribution < -0.4 is 5.32 Å². The first-order chi connectivity index (χ1) is 4.36. The summed E-state index contributed by atoms with van der Waals surface area (Å²) in [4.78, 5) is 10.1. The Morgan fingerprint density at radius 1 is 1.78 bits per heavy atom. The first kappa shape index (κ1) is 6.80. The van der Waals surface area contributed by atoms with Crippen LogP contribution in [0.15, 0.2) is 0 Å². The summed E-state index contributed by atoms with van der Waals surface area (Å²) in [6.07, 6.45) is 0.606. The third-order valence-corrected chi connectivity index (χ3v) is 1.37. The summed E-state index contributed by atoms with van der Waals surface area (Å²) < 4.78 is 5.00. The predicted molar refractivity (Wildman–Crippen MR) is 36.4 cm³/mol. The minimum Gasteiger partial charge on any atom is -0.357 e. The van der Waals surface area contributed by atoms with Crippen LogP contribution in [0, 0.1) is 0 Å². The molecule has 0 spiro atoms. The first-order valence-corrected chi connectivity index (χ1v) is 3.12.